The fourth-order valence-electron chi connectivity index (χ4n) is 3.47. The van der Waals surface area contributed by atoms with E-state index in [4.69, 9.17) is 18.9 Å². The standard InChI is InChI=1S/C22H24BrN3O6/c1-11-14(7-6-8-15(11)23)12(2)24-19-16(22-31-9-10-32-22)18(25-13(3)26-19)17(20(27)29-4)21(28)30-5/h6-10,12,17,22H,1-5H3,(H,24,25,26)/t12-/m1/s1. The van der Waals surface area contributed by atoms with E-state index < -0.39 is 24.1 Å². The first-order chi connectivity index (χ1) is 15.3. The minimum atomic E-state index is -1.43. The van der Waals surface area contributed by atoms with E-state index in [9.17, 15) is 9.59 Å². The number of benzene rings is 1. The molecule has 2 heterocycles. The number of nitrogens with one attached hydrogen (secondary N) is 1. The first-order valence-corrected chi connectivity index (χ1v) is 10.6. The molecule has 0 unspecified atom stereocenters. The highest BCUT2D eigenvalue weighted by molar-refractivity contribution is 9.10. The molecular formula is C22H24BrN3O6. The van der Waals surface area contributed by atoms with Gasteiger partial charge in [0.05, 0.1) is 31.5 Å². The summed E-state index contributed by atoms with van der Waals surface area (Å²) in [6.07, 6.45) is 1.77. The average molecular weight is 506 g/mol. The van der Waals surface area contributed by atoms with Crippen LogP contribution in [0.25, 0.3) is 0 Å². The van der Waals surface area contributed by atoms with Gasteiger partial charge in [-0.1, -0.05) is 28.1 Å². The number of nitrogens with zero attached hydrogens (tertiary/aromatic N) is 2. The van der Waals surface area contributed by atoms with Gasteiger partial charge in [-0.25, -0.2) is 9.97 Å². The van der Waals surface area contributed by atoms with Gasteiger partial charge in [-0.2, -0.15) is 0 Å². The zero-order chi connectivity index (χ0) is 23.4. The molecule has 1 atom stereocenters. The molecule has 9 nitrogen and oxygen atoms in total. The third kappa shape index (κ3) is 4.69. The van der Waals surface area contributed by atoms with Gasteiger partial charge in [0, 0.05) is 4.47 Å². The van der Waals surface area contributed by atoms with Crippen molar-refractivity contribution in [2.24, 2.45) is 0 Å². The number of methoxy groups -OCH3 is 2. The molecule has 1 aliphatic rings. The number of rotatable bonds is 7. The molecule has 0 fully saturated rings. The Hall–Kier alpha value is -3.14. The molecule has 1 N–H and O–H groups in total. The van der Waals surface area contributed by atoms with Crippen molar-refractivity contribution in [2.75, 3.05) is 19.5 Å². The van der Waals surface area contributed by atoms with E-state index in [1.807, 2.05) is 32.0 Å². The maximum Gasteiger partial charge on any atom is 0.326 e. The Kier molecular flexibility index (Phi) is 7.34. The highest BCUT2D eigenvalue weighted by atomic mass is 79.9. The predicted molar refractivity (Wildman–Crippen MR) is 119 cm³/mol. The number of carbonyl (C=O) groups is 2. The van der Waals surface area contributed by atoms with Crippen molar-refractivity contribution < 1.29 is 28.5 Å². The van der Waals surface area contributed by atoms with Gasteiger partial charge in [-0.3, -0.25) is 9.59 Å². The number of hydrogen-bond acceptors (Lipinski definition) is 9. The van der Waals surface area contributed by atoms with E-state index in [1.54, 1.807) is 6.92 Å². The van der Waals surface area contributed by atoms with Crippen molar-refractivity contribution in [3.05, 3.63) is 63.4 Å². The van der Waals surface area contributed by atoms with Gasteiger partial charge < -0.3 is 24.3 Å². The Morgan fingerprint density at radius 3 is 2.31 bits per heavy atom. The van der Waals surface area contributed by atoms with Crippen LogP contribution in [-0.2, 0) is 28.5 Å². The van der Waals surface area contributed by atoms with Crippen LogP contribution in [0.3, 0.4) is 0 Å². The smallest absolute Gasteiger partial charge is 0.326 e. The summed E-state index contributed by atoms with van der Waals surface area (Å²) in [5.74, 6) is -2.36. The molecule has 1 aliphatic heterocycles. The maximum absolute atomic E-state index is 12.5. The van der Waals surface area contributed by atoms with Gasteiger partial charge in [-0.05, 0) is 38.0 Å². The van der Waals surface area contributed by atoms with Crippen molar-refractivity contribution in [1.82, 2.24) is 9.97 Å². The molecule has 0 spiro atoms. The topological polar surface area (TPSA) is 109 Å². The van der Waals surface area contributed by atoms with Gasteiger partial charge in [0.2, 0.25) is 0 Å². The van der Waals surface area contributed by atoms with Crippen LogP contribution in [0.1, 0.15) is 53.4 Å². The van der Waals surface area contributed by atoms with Crippen LogP contribution >= 0.6 is 15.9 Å². The number of anilines is 1. The zero-order valence-corrected chi connectivity index (χ0v) is 19.9. The number of hydrogen-bond donors (Lipinski definition) is 1. The lowest BCUT2D eigenvalue weighted by Crippen LogP contribution is -2.28. The van der Waals surface area contributed by atoms with E-state index in [-0.39, 0.29) is 11.7 Å². The summed E-state index contributed by atoms with van der Waals surface area (Å²) in [4.78, 5) is 33.9. The molecule has 0 bridgehead atoms. The summed E-state index contributed by atoms with van der Waals surface area (Å²) in [6.45, 7) is 5.64. The molecule has 0 saturated heterocycles. The van der Waals surface area contributed by atoms with E-state index >= 15 is 0 Å². The molecule has 1 aromatic carbocycles. The molecule has 1 aromatic heterocycles. The van der Waals surface area contributed by atoms with Crippen molar-refractivity contribution in [3.8, 4) is 0 Å². The number of carbonyl (C=O) groups excluding carboxylic acids is 2. The second kappa shape index (κ2) is 9.99. The van der Waals surface area contributed by atoms with Gasteiger partial charge in [0.1, 0.15) is 24.2 Å². The van der Waals surface area contributed by atoms with Gasteiger partial charge in [0.15, 0.2) is 5.92 Å². The summed E-state index contributed by atoms with van der Waals surface area (Å²) in [7, 11) is 2.38. The summed E-state index contributed by atoms with van der Waals surface area (Å²) in [5.41, 5.74) is 2.50. The van der Waals surface area contributed by atoms with Crippen LogP contribution in [0.2, 0.25) is 0 Å². The van der Waals surface area contributed by atoms with Crippen LogP contribution in [0.15, 0.2) is 35.2 Å². The predicted octanol–water partition coefficient (Wildman–Crippen LogP) is 3.98. The van der Waals surface area contributed by atoms with E-state index in [1.165, 1.54) is 26.7 Å². The second-order valence-electron chi connectivity index (χ2n) is 7.09. The third-order valence-electron chi connectivity index (χ3n) is 5.06. The number of aryl methyl sites for hydroxylation is 1. The molecule has 0 saturated carbocycles. The monoisotopic (exact) mass is 505 g/mol. The fraction of sp³-hybridized carbons (Fsp3) is 0.364. The largest absolute Gasteiger partial charge is 0.468 e. The zero-order valence-electron chi connectivity index (χ0n) is 18.3. The Morgan fingerprint density at radius 2 is 1.72 bits per heavy atom. The molecule has 2 aromatic rings. The quantitative estimate of drug-likeness (QED) is 0.441. The SMILES string of the molecule is COC(=O)C(C(=O)OC)c1nc(C)nc(N[C@H](C)c2cccc(Br)c2C)c1C1OC=CO1. The van der Waals surface area contributed by atoms with Crippen LogP contribution in [-0.4, -0.2) is 36.1 Å². The van der Waals surface area contributed by atoms with Crippen molar-refractivity contribution in [2.45, 2.75) is 39.0 Å². The lowest BCUT2D eigenvalue weighted by molar-refractivity contribution is -0.154. The van der Waals surface area contributed by atoms with Gasteiger partial charge in [0.25, 0.3) is 6.29 Å². The number of aromatic nitrogens is 2. The molecule has 0 radical (unpaired) electrons. The third-order valence-corrected chi connectivity index (χ3v) is 5.92. The van der Waals surface area contributed by atoms with Crippen molar-refractivity contribution >= 4 is 33.7 Å². The highest BCUT2D eigenvalue weighted by Crippen LogP contribution is 2.37. The van der Waals surface area contributed by atoms with E-state index in [2.05, 4.69) is 31.2 Å². The number of esters is 2. The second-order valence-corrected chi connectivity index (χ2v) is 7.95. The minimum absolute atomic E-state index is 0.0885. The lowest BCUT2D eigenvalue weighted by atomic mass is 9.98. The summed E-state index contributed by atoms with van der Waals surface area (Å²) >= 11 is 3.55. The Balaban J connectivity index is 2.14. The molecule has 10 heteroatoms. The average Bonchev–Trinajstić information content (AvgIpc) is 3.29. The fourth-order valence-corrected chi connectivity index (χ4v) is 3.85. The summed E-state index contributed by atoms with van der Waals surface area (Å²) in [5, 5.41) is 3.36. The van der Waals surface area contributed by atoms with Crippen LogP contribution in [0.5, 0.6) is 0 Å². The molecule has 0 amide bonds. The number of halogens is 1. The van der Waals surface area contributed by atoms with E-state index in [0.29, 0.717) is 17.2 Å². The Morgan fingerprint density at radius 1 is 1.09 bits per heavy atom. The molecule has 32 heavy (non-hydrogen) atoms. The van der Waals surface area contributed by atoms with E-state index in [0.717, 1.165) is 15.6 Å². The number of ether oxygens (including phenoxy) is 4. The van der Waals surface area contributed by atoms with Gasteiger partial charge >= 0.3 is 11.9 Å². The van der Waals surface area contributed by atoms with Crippen LogP contribution < -0.4 is 5.32 Å². The Bertz CT molecular complexity index is 1030. The van der Waals surface area contributed by atoms with Crippen LogP contribution in [0, 0.1) is 13.8 Å². The highest BCUT2D eigenvalue weighted by Gasteiger charge is 2.39. The molecule has 3 rings (SSSR count). The van der Waals surface area contributed by atoms with Crippen molar-refractivity contribution in [1.29, 1.82) is 0 Å². The first-order valence-electron chi connectivity index (χ1n) is 9.80. The molecule has 170 valence electrons. The summed E-state index contributed by atoms with van der Waals surface area (Å²) < 4.78 is 21.7. The summed E-state index contributed by atoms with van der Waals surface area (Å²) in [6, 6.07) is 5.73. The lowest BCUT2D eigenvalue weighted by Gasteiger charge is -2.24. The molecule has 0 aliphatic carbocycles. The molecular weight excluding hydrogens is 482 g/mol. The minimum Gasteiger partial charge on any atom is -0.468 e. The van der Waals surface area contributed by atoms with Gasteiger partial charge in [-0.15, -0.1) is 0 Å². The van der Waals surface area contributed by atoms with Crippen molar-refractivity contribution in [3.63, 3.8) is 0 Å². The van der Waals surface area contributed by atoms with Crippen LogP contribution in [0.4, 0.5) is 5.82 Å². The normalized spacial score (nSPS) is 14.0. The Labute approximate surface area is 194 Å². The maximum atomic E-state index is 12.5. The first kappa shape index (κ1) is 23.5.